The Morgan fingerprint density at radius 3 is 2.31 bits per heavy atom. The van der Waals surface area contributed by atoms with E-state index in [0.717, 1.165) is 26.2 Å². The number of piperazine rings is 1. The second kappa shape index (κ2) is 4.58. The molecule has 4 nitrogen and oxygen atoms in total. The zero-order valence-electron chi connectivity index (χ0n) is 8.66. The molecule has 1 heterocycles. The highest BCUT2D eigenvalue weighted by Gasteiger charge is 2.22. The van der Waals surface area contributed by atoms with Crippen LogP contribution in [0.4, 0.5) is 0 Å². The van der Waals surface area contributed by atoms with Gasteiger partial charge in [-0.3, -0.25) is 9.80 Å². The number of nitrogens with zero attached hydrogens (tertiary/aromatic N) is 3. The lowest BCUT2D eigenvalue weighted by Gasteiger charge is -2.39. The number of rotatable bonds is 2. The molecule has 1 saturated heterocycles. The molecule has 1 amide bonds. The first-order chi connectivity index (χ1) is 6.13. The van der Waals surface area contributed by atoms with Gasteiger partial charge in [0.15, 0.2) is 0 Å². The number of carbonyl (C=O) groups excluding carboxylic acids is 1. The Bertz CT molecular complexity index is 176. The average Bonchev–Trinajstić information content (AvgIpc) is 2.04. The lowest BCUT2D eigenvalue weighted by molar-refractivity contribution is -0.152. The van der Waals surface area contributed by atoms with E-state index in [1.54, 1.807) is 6.92 Å². The zero-order chi connectivity index (χ0) is 9.84. The zero-order valence-corrected chi connectivity index (χ0v) is 8.66. The third kappa shape index (κ3) is 2.67. The molecule has 75 valence electrons. The fourth-order valence-electron chi connectivity index (χ4n) is 1.70. The van der Waals surface area contributed by atoms with Gasteiger partial charge in [0.1, 0.15) is 0 Å². The summed E-state index contributed by atoms with van der Waals surface area (Å²) in [5.41, 5.74) is 0. The minimum atomic E-state index is 0.122. The van der Waals surface area contributed by atoms with Gasteiger partial charge in [-0.1, -0.05) is 0 Å². The fourth-order valence-corrected chi connectivity index (χ4v) is 1.70. The molecule has 0 N–H and O–H groups in total. The van der Waals surface area contributed by atoms with Gasteiger partial charge in [-0.2, -0.15) is 0 Å². The van der Waals surface area contributed by atoms with Crippen molar-refractivity contribution < 1.29 is 4.79 Å². The smallest absolute Gasteiger partial charge is 0.233 e. The molecule has 0 aromatic carbocycles. The van der Waals surface area contributed by atoms with E-state index in [0.29, 0.717) is 0 Å². The molecule has 0 bridgehead atoms. The molecule has 1 rings (SSSR count). The minimum absolute atomic E-state index is 0.122. The molecular formula is C9H18N3O. The van der Waals surface area contributed by atoms with Crippen LogP contribution in [0, 0.1) is 0 Å². The van der Waals surface area contributed by atoms with Gasteiger partial charge < -0.3 is 0 Å². The highest BCUT2D eigenvalue weighted by molar-refractivity contribution is 5.72. The van der Waals surface area contributed by atoms with Crippen molar-refractivity contribution in [2.24, 2.45) is 0 Å². The second-order valence-electron chi connectivity index (χ2n) is 3.58. The van der Waals surface area contributed by atoms with E-state index in [4.69, 9.17) is 0 Å². The van der Waals surface area contributed by atoms with E-state index in [1.165, 1.54) is 0 Å². The summed E-state index contributed by atoms with van der Waals surface area (Å²) in [5.74, 6) is 0.122. The number of hydrogen-bond acceptors (Lipinski definition) is 2. The summed E-state index contributed by atoms with van der Waals surface area (Å²) >= 11 is 0. The van der Waals surface area contributed by atoms with Crippen LogP contribution in [-0.2, 0) is 4.79 Å². The maximum Gasteiger partial charge on any atom is 0.233 e. The van der Waals surface area contributed by atoms with Crippen LogP contribution >= 0.6 is 0 Å². The van der Waals surface area contributed by atoms with Crippen molar-refractivity contribution in [2.45, 2.75) is 26.8 Å². The summed E-state index contributed by atoms with van der Waals surface area (Å²) < 4.78 is 0. The first-order valence-electron chi connectivity index (χ1n) is 4.81. The number of carbonyl (C=O) groups is 1. The molecule has 1 aliphatic heterocycles. The summed E-state index contributed by atoms with van der Waals surface area (Å²) in [4.78, 5) is 11.3. The maximum atomic E-state index is 11.3. The Labute approximate surface area is 79.9 Å². The lowest BCUT2D eigenvalue weighted by atomic mass is 10.3. The van der Waals surface area contributed by atoms with Crippen LogP contribution in [0.3, 0.4) is 0 Å². The number of hydrogen-bond donors (Lipinski definition) is 0. The average molecular weight is 184 g/mol. The van der Waals surface area contributed by atoms with Gasteiger partial charge in [-0.25, -0.2) is 10.3 Å². The molecule has 0 aromatic rings. The summed E-state index contributed by atoms with van der Waals surface area (Å²) in [6.07, 6.45) is 0. The van der Waals surface area contributed by atoms with Gasteiger partial charge in [0.2, 0.25) is 5.91 Å². The summed E-state index contributed by atoms with van der Waals surface area (Å²) in [6, 6.07) is 0.246. The minimum Gasteiger partial charge on any atom is -0.274 e. The maximum absolute atomic E-state index is 11.3. The monoisotopic (exact) mass is 184 g/mol. The van der Waals surface area contributed by atoms with Gasteiger partial charge in [0.05, 0.1) is 0 Å². The molecule has 1 radical (unpaired) electrons. The highest BCUT2D eigenvalue weighted by Crippen LogP contribution is 2.06. The summed E-state index contributed by atoms with van der Waals surface area (Å²) in [5, 5.41) is 8.17. The van der Waals surface area contributed by atoms with Crippen molar-refractivity contribution in [3.63, 3.8) is 0 Å². The standard InChI is InChI=1S/C9H18N3O/c1-8(2)12(9(3)13)11-6-4-10-5-7-11/h8H,4-7H2,1-3H3. The largest absolute Gasteiger partial charge is 0.274 e. The number of hydrazine groups is 1. The molecule has 0 aromatic heterocycles. The van der Waals surface area contributed by atoms with Crippen molar-refractivity contribution in [2.75, 3.05) is 26.2 Å². The molecule has 0 atom stereocenters. The van der Waals surface area contributed by atoms with E-state index in [1.807, 2.05) is 18.9 Å². The lowest BCUT2D eigenvalue weighted by Crippen LogP contribution is -2.55. The van der Waals surface area contributed by atoms with Gasteiger partial charge in [0, 0.05) is 39.1 Å². The first-order valence-corrected chi connectivity index (χ1v) is 4.81. The van der Waals surface area contributed by atoms with Crippen molar-refractivity contribution in [1.82, 2.24) is 15.3 Å². The first kappa shape index (κ1) is 10.5. The van der Waals surface area contributed by atoms with E-state index < -0.39 is 0 Å². The molecule has 0 saturated carbocycles. The van der Waals surface area contributed by atoms with Crippen molar-refractivity contribution in [1.29, 1.82) is 0 Å². The van der Waals surface area contributed by atoms with Gasteiger partial charge >= 0.3 is 0 Å². The Balaban J connectivity index is 2.57. The van der Waals surface area contributed by atoms with Gasteiger partial charge in [-0.15, -0.1) is 0 Å². The Hall–Kier alpha value is -0.610. The fraction of sp³-hybridized carbons (Fsp3) is 0.889. The van der Waals surface area contributed by atoms with Crippen LogP contribution in [0.5, 0.6) is 0 Å². The van der Waals surface area contributed by atoms with Crippen molar-refractivity contribution >= 4 is 5.91 Å². The normalized spacial score (nSPS) is 19.1. The van der Waals surface area contributed by atoms with Crippen LogP contribution in [0.1, 0.15) is 20.8 Å². The van der Waals surface area contributed by atoms with Crippen LogP contribution in [0.2, 0.25) is 0 Å². The van der Waals surface area contributed by atoms with Gasteiger partial charge in [-0.05, 0) is 13.8 Å². The Morgan fingerprint density at radius 1 is 1.38 bits per heavy atom. The van der Waals surface area contributed by atoms with E-state index in [9.17, 15) is 4.79 Å². The molecule has 1 fully saturated rings. The SMILES string of the molecule is CC(=O)N(C(C)C)N1CC[N]CC1. The molecule has 1 aliphatic rings. The summed E-state index contributed by atoms with van der Waals surface area (Å²) in [7, 11) is 0. The van der Waals surface area contributed by atoms with E-state index in [-0.39, 0.29) is 11.9 Å². The predicted molar refractivity (Wildman–Crippen MR) is 51.1 cm³/mol. The molecule has 0 spiro atoms. The molecule has 13 heavy (non-hydrogen) atoms. The van der Waals surface area contributed by atoms with E-state index in [2.05, 4.69) is 10.3 Å². The topological polar surface area (TPSA) is 37.7 Å². The third-order valence-electron chi connectivity index (χ3n) is 2.15. The number of amides is 1. The highest BCUT2D eigenvalue weighted by atomic mass is 16.2. The molecule has 0 unspecified atom stereocenters. The molecular weight excluding hydrogens is 166 g/mol. The predicted octanol–water partition coefficient (Wildman–Crippen LogP) is 0.0783. The van der Waals surface area contributed by atoms with Gasteiger partial charge in [0.25, 0.3) is 0 Å². The molecule has 0 aliphatic carbocycles. The van der Waals surface area contributed by atoms with Crippen LogP contribution in [0.25, 0.3) is 0 Å². The van der Waals surface area contributed by atoms with Crippen LogP contribution < -0.4 is 5.32 Å². The second-order valence-corrected chi connectivity index (χ2v) is 3.58. The van der Waals surface area contributed by atoms with Crippen LogP contribution in [0.15, 0.2) is 0 Å². The van der Waals surface area contributed by atoms with Crippen molar-refractivity contribution in [3.8, 4) is 0 Å². The van der Waals surface area contributed by atoms with Crippen LogP contribution in [-0.4, -0.2) is 48.1 Å². The Morgan fingerprint density at radius 2 is 1.92 bits per heavy atom. The van der Waals surface area contributed by atoms with E-state index >= 15 is 0 Å². The van der Waals surface area contributed by atoms with Crippen molar-refractivity contribution in [3.05, 3.63) is 0 Å². The summed E-state index contributed by atoms with van der Waals surface area (Å²) in [6.45, 7) is 9.12. The Kier molecular flexibility index (Phi) is 3.69. The third-order valence-corrected chi connectivity index (χ3v) is 2.15. The molecule has 4 heteroatoms. The quantitative estimate of drug-likeness (QED) is 0.609.